The molecule has 0 spiro atoms. The molecule has 1 saturated heterocycles. The Morgan fingerprint density at radius 1 is 1.07 bits per heavy atom. The number of aromatic nitrogens is 1. The van der Waals surface area contributed by atoms with Crippen LogP contribution >= 0.6 is 0 Å². The van der Waals surface area contributed by atoms with Gasteiger partial charge in [-0.15, -0.1) is 0 Å². The van der Waals surface area contributed by atoms with E-state index in [-0.39, 0.29) is 5.69 Å². The van der Waals surface area contributed by atoms with Gasteiger partial charge < -0.3 is 10.2 Å². The van der Waals surface area contributed by atoms with Crippen LogP contribution in [0.15, 0.2) is 48.5 Å². The summed E-state index contributed by atoms with van der Waals surface area (Å²) in [5.74, 6) is -0.862. The molecule has 1 amide bonds. The van der Waals surface area contributed by atoms with Crippen LogP contribution in [0.25, 0.3) is 10.9 Å². The smallest absolute Gasteiger partial charge is 0.274 e. The highest BCUT2D eigenvalue weighted by molar-refractivity contribution is 6.06. The lowest BCUT2D eigenvalue weighted by atomic mass is 10.1. The van der Waals surface area contributed by atoms with Crippen molar-refractivity contribution in [3.8, 4) is 0 Å². The number of fused-ring (bicyclic) bond motifs is 1. The van der Waals surface area contributed by atoms with E-state index >= 15 is 0 Å². The van der Waals surface area contributed by atoms with Gasteiger partial charge in [0.2, 0.25) is 0 Å². The van der Waals surface area contributed by atoms with Crippen LogP contribution in [0, 0.1) is 12.7 Å². The van der Waals surface area contributed by atoms with E-state index in [2.05, 4.69) is 28.2 Å². The van der Waals surface area contributed by atoms with Gasteiger partial charge in [-0.25, -0.2) is 9.37 Å². The summed E-state index contributed by atoms with van der Waals surface area (Å²) < 4.78 is 13.9. The minimum absolute atomic E-state index is 0.160. The molecule has 4 nitrogen and oxygen atoms in total. The molecule has 1 N–H and O–H groups in total. The maximum Gasteiger partial charge on any atom is 0.274 e. The molecule has 0 radical (unpaired) electrons. The Balaban J connectivity index is 1.75. The van der Waals surface area contributed by atoms with E-state index in [0.29, 0.717) is 5.69 Å². The monoisotopic (exact) mass is 363 g/mol. The number of para-hydroxylation sites is 1. The fourth-order valence-electron chi connectivity index (χ4n) is 3.58. The SMILES string of the molecule is Cc1ccc2nc(C(=O)Nc3ccccc3F)cc(N3CCCCC3)c2c1. The zero-order valence-electron chi connectivity index (χ0n) is 15.3. The quantitative estimate of drug-likeness (QED) is 0.718. The molecule has 5 heteroatoms. The fraction of sp³-hybridized carbons (Fsp3) is 0.273. The van der Waals surface area contributed by atoms with Crippen LogP contribution in [0.4, 0.5) is 15.8 Å². The van der Waals surface area contributed by atoms with Crippen LogP contribution in [0.3, 0.4) is 0 Å². The average Bonchev–Trinajstić information content (AvgIpc) is 2.69. The van der Waals surface area contributed by atoms with E-state index in [1.54, 1.807) is 18.2 Å². The number of aryl methyl sites for hydroxylation is 1. The largest absolute Gasteiger partial charge is 0.371 e. The molecule has 27 heavy (non-hydrogen) atoms. The van der Waals surface area contributed by atoms with Gasteiger partial charge in [-0.3, -0.25) is 4.79 Å². The molecule has 2 aromatic carbocycles. The summed E-state index contributed by atoms with van der Waals surface area (Å²) in [6.07, 6.45) is 3.53. The fourth-order valence-corrected chi connectivity index (χ4v) is 3.58. The molecule has 138 valence electrons. The molecule has 0 unspecified atom stereocenters. The van der Waals surface area contributed by atoms with Crippen LogP contribution in [0.5, 0.6) is 0 Å². The third-order valence-corrected chi connectivity index (χ3v) is 4.99. The third kappa shape index (κ3) is 3.63. The molecule has 0 saturated carbocycles. The van der Waals surface area contributed by atoms with Crippen LogP contribution in [-0.2, 0) is 0 Å². The van der Waals surface area contributed by atoms with Crippen molar-refractivity contribution in [1.29, 1.82) is 0 Å². The molecule has 1 fully saturated rings. The van der Waals surface area contributed by atoms with Gasteiger partial charge in [0, 0.05) is 24.2 Å². The lowest BCUT2D eigenvalue weighted by Gasteiger charge is -2.30. The van der Waals surface area contributed by atoms with Crippen molar-refractivity contribution in [1.82, 2.24) is 4.98 Å². The van der Waals surface area contributed by atoms with E-state index in [0.717, 1.165) is 48.1 Å². The maximum absolute atomic E-state index is 13.9. The van der Waals surface area contributed by atoms with E-state index in [9.17, 15) is 9.18 Å². The number of carbonyl (C=O) groups is 1. The lowest BCUT2D eigenvalue weighted by Crippen LogP contribution is -2.30. The summed E-state index contributed by atoms with van der Waals surface area (Å²) >= 11 is 0. The highest BCUT2D eigenvalue weighted by Gasteiger charge is 2.19. The summed E-state index contributed by atoms with van der Waals surface area (Å²) in [5, 5.41) is 3.69. The first-order valence-electron chi connectivity index (χ1n) is 9.34. The van der Waals surface area contributed by atoms with Crippen molar-refractivity contribution >= 4 is 28.2 Å². The minimum Gasteiger partial charge on any atom is -0.371 e. The summed E-state index contributed by atoms with van der Waals surface area (Å²) in [6.45, 7) is 4.00. The number of benzene rings is 2. The second kappa shape index (κ2) is 7.35. The van der Waals surface area contributed by atoms with Gasteiger partial charge in [-0.1, -0.05) is 23.8 Å². The molecular weight excluding hydrogens is 341 g/mol. The summed E-state index contributed by atoms with van der Waals surface area (Å²) in [6, 6.07) is 14.0. The Labute approximate surface area is 158 Å². The number of carbonyl (C=O) groups excluding carboxylic acids is 1. The number of nitrogens with zero attached hydrogens (tertiary/aromatic N) is 2. The van der Waals surface area contributed by atoms with Crippen LogP contribution in [0.2, 0.25) is 0 Å². The Morgan fingerprint density at radius 2 is 1.85 bits per heavy atom. The first kappa shape index (κ1) is 17.5. The van der Waals surface area contributed by atoms with E-state index < -0.39 is 11.7 Å². The Bertz CT molecular complexity index is 996. The third-order valence-electron chi connectivity index (χ3n) is 4.99. The number of hydrogen-bond acceptors (Lipinski definition) is 3. The lowest BCUT2D eigenvalue weighted by molar-refractivity contribution is 0.102. The predicted molar refractivity (Wildman–Crippen MR) is 107 cm³/mol. The first-order chi connectivity index (χ1) is 13.1. The van der Waals surface area contributed by atoms with Crippen molar-refractivity contribution < 1.29 is 9.18 Å². The molecule has 0 aliphatic carbocycles. The van der Waals surface area contributed by atoms with E-state index in [1.807, 2.05) is 18.2 Å². The zero-order valence-corrected chi connectivity index (χ0v) is 15.3. The number of amides is 1. The van der Waals surface area contributed by atoms with Gasteiger partial charge in [0.25, 0.3) is 5.91 Å². The number of nitrogens with one attached hydrogen (secondary N) is 1. The molecule has 1 aromatic heterocycles. The van der Waals surface area contributed by atoms with Crippen molar-refractivity contribution in [3.05, 3.63) is 65.6 Å². The molecule has 2 heterocycles. The maximum atomic E-state index is 13.9. The average molecular weight is 363 g/mol. The molecule has 1 aliphatic heterocycles. The second-order valence-electron chi connectivity index (χ2n) is 7.03. The highest BCUT2D eigenvalue weighted by Crippen LogP contribution is 2.30. The van der Waals surface area contributed by atoms with Gasteiger partial charge in [0.1, 0.15) is 11.5 Å². The van der Waals surface area contributed by atoms with Crippen molar-refractivity contribution in [3.63, 3.8) is 0 Å². The van der Waals surface area contributed by atoms with Crippen LogP contribution in [-0.4, -0.2) is 24.0 Å². The van der Waals surface area contributed by atoms with Crippen molar-refractivity contribution in [2.24, 2.45) is 0 Å². The summed E-state index contributed by atoms with van der Waals surface area (Å²) in [5.41, 5.74) is 3.43. The molecule has 0 atom stereocenters. The Kier molecular flexibility index (Phi) is 4.75. The number of halogens is 1. The van der Waals surface area contributed by atoms with Gasteiger partial charge in [-0.2, -0.15) is 0 Å². The van der Waals surface area contributed by atoms with Crippen molar-refractivity contribution in [2.75, 3.05) is 23.3 Å². The molecule has 0 bridgehead atoms. The zero-order chi connectivity index (χ0) is 18.8. The number of piperidine rings is 1. The topological polar surface area (TPSA) is 45.2 Å². The predicted octanol–water partition coefficient (Wildman–Crippen LogP) is 4.92. The normalized spacial score (nSPS) is 14.4. The number of hydrogen-bond donors (Lipinski definition) is 1. The second-order valence-corrected chi connectivity index (χ2v) is 7.03. The van der Waals surface area contributed by atoms with Gasteiger partial charge in [0.05, 0.1) is 11.2 Å². The molecule has 1 aliphatic rings. The Hall–Kier alpha value is -2.95. The standard InChI is InChI=1S/C22H22FN3O/c1-15-9-10-18-16(13-15)21(26-11-5-2-6-12-26)14-20(24-18)22(27)25-19-8-4-3-7-17(19)23/h3-4,7-10,13-14H,2,5-6,11-12H2,1H3,(H,25,27). The minimum atomic E-state index is -0.460. The molecule has 3 aromatic rings. The summed E-state index contributed by atoms with van der Waals surface area (Å²) in [7, 11) is 0. The number of rotatable bonds is 3. The van der Waals surface area contributed by atoms with E-state index in [1.165, 1.54) is 12.5 Å². The number of anilines is 2. The van der Waals surface area contributed by atoms with Gasteiger partial charge in [-0.05, 0) is 56.5 Å². The highest BCUT2D eigenvalue weighted by atomic mass is 19.1. The van der Waals surface area contributed by atoms with Gasteiger partial charge in [0.15, 0.2) is 0 Å². The molecule has 4 rings (SSSR count). The van der Waals surface area contributed by atoms with Crippen LogP contribution in [0.1, 0.15) is 35.3 Å². The van der Waals surface area contributed by atoms with Crippen molar-refractivity contribution in [2.45, 2.75) is 26.2 Å². The summed E-state index contributed by atoms with van der Waals surface area (Å²) in [4.78, 5) is 19.6. The van der Waals surface area contributed by atoms with E-state index in [4.69, 9.17) is 0 Å². The number of pyridine rings is 1. The molecular formula is C22H22FN3O. The Morgan fingerprint density at radius 3 is 2.63 bits per heavy atom. The van der Waals surface area contributed by atoms with Gasteiger partial charge >= 0.3 is 0 Å². The van der Waals surface area contributed by atoms with Crippen LogP contribution < -0.4 is 10.2 Å². The first-order valence-corrected chi connectivity index (χ1v) is 9.34.